The molecule has 3 heteroatoms. The van der Waals surface area contributed by atoms with E-state index in [0.29, 0.717) is 0 Å². The minimum absolute atomic E-state index is 0.143. The summed E-state index contributed by atoms with van der Waals surface area (Å²) >= 11 is 0. The molecule has 0 unspecified atom stereocenters. The molecule has 0 radical (unpaired) electrons. The lowest BCUT2D eigenvalue weighted by atomic mass is 10.1. The average Bonchev–Trinajstić information content (AvgIpc) is 2.96. The number of hydrogen-bond acceptors (Lipinski definition) is 3. The Hall–Kier alpha value is -0.570. The van der Waals surface area contributed by atoms with Gasteiger partial charge in [0.1, 0.15) is 0 Å². The number of methoxy groups -OCH3 is 1. The Labute approximate surface area is 85.8 Å². The van der Waals surface area contributed by atoms with Crippen LogP contribution in [0.4, 0.5) is 0 Å². The van der Waals surface area contributed by atoms with Gasteiger partial charge in [0.05, 0.1) is 13.2 Å². The lowest BCUT2D eigenvalue weighted by Gasteiger charge is -1.97. The van der Waals surface area contributed by atoms with Crippen LogP contribution in [0, 0.1) is 0 Å². The summed E-state index contributed by atoms with van der Waals surface area (Å²) in [5, 5.41) is 0. The third-order valence-corrected chi connectivity index (χ3v) is 2.61. The van der Waals surface area contributed by atoms with Crippen LogP contribution in [-0.2, 0) is 14.3 Å². The van der Waals surface area contributed by atoms with Crippen LogP contribution in [0.25, 0.3) is 0 Å². The predicted molar refractivity (Wildman–Crippen MR) is 54.1 cm³/mol. The highest BCUT2D eigenvalue weighted by atomic mass is 16.6. The SMILES string of the molecule is CCCCCCC[C@@H]1O[C@H]1C(=O)OC. The number of unbranched alkanes of at least 4 members (excludes halogenated alkanes) is 4. The molecule has 0 amide bonds. The molecule has 0 aromatic carbocycles. The number of carbonyl (C=O) groups excluding carboxylic acids is 1. The summed E-state index contributed by atoms with van der Waals surface area (Å²) in [6.45, 7) is 2.21. The quantitative estimate of drug-likeness (QED) is 0.359. The Morgan fingerprint density at radius 2 is 2.00 bits per heavy atom. The summed E-state index contributed by atoms with van der Waals surface area (Å²) in [6, 6.07) is 0. The molecule has 0 aromatic rings. The zero-order valence-corrected chi connectivity index (χ0v) is 9.12. The van der Waals surface area contributed by atoms with Crippen LogP contribution in [0.3, 0.4) is 0 Å². The van der Waals surface area contributed by atoms with E-state index >= 15 is 0 Å². The van der Waals surface area contributed by atoms with Crippen molar-refractivity contribution in [2.45, 2.75) is 57.7 Å². The summed E-state index contributed by atoms with van der Waals surface area (Å²) in [6.07, 6.45) is 7.18. The highest BCUT2D eigenvalue weighted by Gasteiger charge is 2.45. The highest BCUT2D eigenvalue weighted by Crippen LogP contribution is 2.28. The van der Waals surface area contributed by atoms with Crippen LogP contribution in [0.1, 0.15) is 45.4 Å². The molecule has 0 spiro atoms. The van der Waals surface area contributed by atoms with Gasteiger partial charge in [-0.1, -0.05) is 39.0 Å². The standard InChI is InChI=1S/C11H20O3/c1-3-4-5-6-7-8-9-10(14-9)11(12)13-2/h9-10H,3-8H2,1-2H3/t9-,10+/m0/s1. The molecule has 0 aliphatic carbocycles. The minimum atomic E-state index is -0.258. The molecule has 1 rings (SSSR count). The third kappa shape index (κ3) is 3.66. The Morgan fingerprint density at radius 1 is 1.29 bits per heavy atom. The molecule has 1 heterocycles. The van der Waals surface area contributed by atoms with Gasteiger partial charge >= 0.3 is 5.97 Å². The number of rotatable bonds is 7. The molecule has 1 fully saturated rings. The number of hydrogen-bond donors (Lipinski definition) is 0. The van der Waals surface area contributed by atoms with Gasteiger partial charge in [-0.25, -0.2) is 4.79 Å². The molecule has 82 valence electrons. The zero-order valence-electron chi connectivity index (χ0n) is 9.12. The number of ether oxygens (including phenoxy) is 2. The van der Waals surface area contributed by atoms with Crippen molar-refractivity contribution in [1.29, 1.82) is 0 Å². The molecule has 14 heavy (non-hydrogen) atoms. The van der Waals surface area contributed by atoms with Crippen molar-refractivity contribution in [1.82, 2.24) is 0 Å². The number of esters is 1. The van der Waals surface area contributed by atoms with E-state index in [1.165, 1.54) is 32.8 Å². The van der Waals surface area contributed by atoms with Crippen LogP contribution in [0.2, 0.25) is 0 Å². The first-order chi connectivity index (χ1) is 6.79. The first-order valence-corrected chi connectivity index (χ1v) is 5.53. The summed E-state index contributed by atoms with van der Waals surface area (Å²) in [4.78, 5) is 11.0. The van der Waals surface area contributed by atoms with Gasteiger partial charge in [-0.2, -0.15) is 0 Å². The van der Waals surface area contributed by atoms with Gasteiger partial charge in [-0.15, -0.1) is 0 Å². The van der Waals surface area contributed by atoms with E-state index in [2.05, 4.69) is 11.7 Å². The lowest BCUT2D eigenvalue weighted by Crippen LogP contribution is -2.11. The van der Waals surface area contributed by atoms with Crippen LogP contribution >= 0.6 is 0 Å². The van der Waals surface area contributed by atoms with E-state index in [1.807, 2.05) is 0 Å². The molecule has 2 atom stereocenters. The van der Waals surface area contributed by atoms with Crippen LogP contribution in [0.5, 0.6) is 0 Å². The highest BCUT2D eigenvalue weighted by molar-refractivity contribution is 5.77. The van der Waals surface area contributed by atoms with Gasteiger partial charge in [0.15, 0.2) is 6.10 Å². The van der Waals surface area contributed by atoms with Crippen LogP contribution in [-0.4, -0.2) is 25.3 Å². The van der Waals surface area contributed by atoms with E-state index in [0.717, 1.165) is 12.8 Å². The van der Waals surface area contributed by atoms with Crippen LogP contribution in [0.15, 0.2) is 0 Å². The van der Waals surface area contributed by atoms with E-state index in [1.54, 1.807) is 0 Å². The second-order valence-corrected chi connectivity index (χ2v) is 3.82. The molecule has 0 saturated carbocycles. The van der Waals surface area contributed by atoms with Crippen molar-refractivity contribution < 1.29 is 14.3 Å². The minimum Gasteiger partial charge on any atom is -0.467 e. The smallest absolute Gasteiger partial charge is 0.337 e. The van der Waals surface area contributed by atoms with Gasteiger partial charge in [0, 0.05) is 0 Å². The molecule has 0 bridgehead atoms. The molecule has 1 aliphatic heterocycles. The Bertz CT molecular complexity index is 179. The topological polar surface area (TPSA) is 38.8 Å². The van der Waals surface area contributed by atoms with Crippen molar-refractivity contribution in [3.63, 3.8) is 0 Å². The molecular formula is C11H20O3. The first kappa shape index (κ1) is 11.5. The van der Waals surface area contributed by atoms with Gasteiger partial charge in [-0.05, 0) is 6.42 Å². The Kier molecular flexibility index (Phi) is 4.94. The van der Waals surface area contributed by atoms with Gasteiger partial charge in [0.2, 0.25) is 0 Å². The van der Waals surface area contributed by atoms with E-state index in [-0.39, 0.29) is 18.2 Å². The maximum atomic E-state index is 11.0. The fourth-order valence-electron chi connectivity index (χ4n) is 1.63. The second-order valence-electron chi connectivity index (χ2n) is 3.82. The van der Waals surface area contributed by atoms with Crippen molar-refractivity contribution >= 4 is 5.97 Å². The second kappa shape index (κ2) is 6.02. The first-order valence-electron chi connectivity index (χ1n) is 5.53. The Morgan fingerprint density at radius 3 is 2.64 bits per heavy atom. The summed E-state index contributed by atoms with van der Waals surface area (Å²) in [7, 11) is 1.41. The van der Waals surface area contributed by atoms with Crippen LogP contribution < -0.4 is 0 Å². The largest absolute Gasteiger partial charge is 0.467 e. The molecule has 1 saturated heterocycles. The normalized spacial score (nSPS) is 24.7. The maximum absolute atomic E-state index is 11.0. The molecule has 0 N–H and O–H groups in total. The lowest BCUT2D eigenvalue weighted by molar-refractivity contribution is -0.142. The third-order valence-electron chi connectivity index (χ3n) is 2.61. The van der Waals surface area contributed by atoms with Crippen molar-refractivity contribution in [3.8, 4) is 0 Å². The van der Waals surface area contributed by atoms with Gasteiger partial charge in [-0.3, -0.25) is 0 Å². The predicted octanol–water partition coefficient (Wildman–Crippen LogP) is 2.29. The van der Waals surface area contributed by atoms with E-state index < -0.39 is 0 Å². The van der Waals surface area contributed by atoms with Crippen molar-refractivity contribution in [2.24, 2.45) is 0 Å². The molecule has 3 nitrogen and oxygen atoms in total. The molecule has 0 aromatic heterocycles. The summed E-state index contributed by atoms with van der Waals surface area (Å²) in [5.74, 6) is -0.219. The fourth-order valence-corrected chi connectivity index (χ4v) is 1.63. The summed E-state index contributed by atoms with van der Waals surface area (Å²) < 4.78 is 9.79. The van der Waals surface area contributed by atoms with E-state index in [9.17, 15) is 4.79 Å². The van der Waals surface area contributed by atoms with Gasteiger partial charge < -0.3 is 9.47 Å². The average molecular weight is 200 g/mol. The Balaban J connectivity index is 1.93. The molecule has 1 aliphatic rings. The number of epoxide rings is 1. The van der Waals surface area contributed by atoms with E-state index in [4.69, 9.17) is 4.74 Å². The molecular weight excluding hydrogens is 180 g/mol. The maximum Gasteiger partial charge on any atom is 0.337 e. The summed E-state index contributed by atoms with van der Waals surface area (Å²) in [5.41, 5.74) is 0. The van der Waals surface area contributed by atoms with Crippen molar-refractivity contribution in [3.05, 3.63) is 0 Å². The van der Waals surface area contributed by atoms with Gasteiger partial charge in [0.25, 0.3) is 0 Å². The fraction of sp³-hybridized carbons (Fsp3) is 0.909. The zero-order chi connectivity index (χ0) is 10.4. The number of carbonyl (C=O) groups is 1. The monoisotopic (exact) mass is 200 g/mol. The van der Waals surface area contributed by atoms with Crippen molar-refractivity contribution in [2.75, 3.05) is 7.11 Å².